The molecule has 5 nitrogen and oxygen atoms in total. The summed E-state index contributed by atoms with van der Waals surface area (Å²) in [6.07, 6.45) is 3.02. The van der Waals surface area contributed by atoms with Crippen molar-refractivity contribution in [2.24, 2.45) is 4.99 Å². The van der Waals surface area contributed by atoms with Crippen molar-refractivity contribution in [1.29, 1.82) is 0 Å². The van der Waals surface area contributed by atoms with Gasteiger partial charge in [0, 0.05) is 50.8 Å². The van der Waals surface area contributed by atoms with Gasteiger partial charge >= 0.3 is 0 Å². The molecule has 0 aliphatic carbocycles. The van der Waals surface area contributed by atoms with Crippen LogP contribution in [0.4, 0.5) is 0 Å². The van der Waals surface area contributed by atoms with Crippen LogP contribution in [0.3, 0.4) is 0 Å². The Labute approximate surface area is 149 Å². The van der Waals surface area contributed by atoms with Gasteiger partial charge in [0.2, 0.25) is 0 Å². The minimum atomic E-state index is 0. The maximum Gasteiger partial charge on any atom is 0.191 e. The zero-order valence-electron chi connectivity index (χ0n) is 13.1. The highest BCUT2D eigenvalue weighted by molar-refractivity contribution is 14.0. The van der Waals surface area contributed by atoms with Crippen molar-refractivity contribution in [3.05, 3.63) is 16.1 Å². The van der Waals surface area contributed by atoms with Gasteiger partial charge in [-0.15, -0.1) is 35.3 Å². The molecule has 0 fully saturated rings. The zero-order valence-corrected chi connectivity index (χ0v) is 16.3. The highest BCUT2D eigenvalue weighted by atomic mass is 127. The summed E-state index contributed by atoms with van der Waals surface area (Å²) < 4.78 is 5.03. The maximum absolute atomic E-state index is 5.03. The monoisotopic (exact) mass is 426 g/mol. The van der Waals surface area contributed by atoms with Gasteiger partial charge in [0.15, 0.2) is 5.96 Å². The second kappa shape index (κ2) is 13.3. The van der Waals surface area contributed by atoms with E-state index >= 15 is 0 Å². The molecule has 0 bridgehead atoms. The second-order valence-corrected chi connectivity index (χ2v) is 5.46. The lowest BCUT2D eigenvalue weighted by molar-refractivity contribution is 0.195. The van der Waals surface area contributed by atoms with Crippen molar-refractivity contribution in [2.75, 3.05) is 33.4 Å². The van der Waals surface area contributed by atoms with Gasteiger partial charge in [-0.3, -0.25) is 4.99 Å². The maximum atomic E-state index is 5.03. The molecule has 0 atom stereocenters. The van der Waals surface area contributed by atoms with E-state index in [2.05, 4.69) is 32.9 Å². The Balaban J connectivity index is 0.00000400. The van der Waals surface area contributed by atoms with Crippen molar-refractivity contribution < 1.29 is 4.74 Å². The van der Waals surface area contributed by atoms with E-state index < -0.39 is 0 Å². The predicted molar refractivity (Wildman–Crippen MR) is 101 cm³/mol. The topological polar surface area (TPSA) is 58.5 Å². The predicted octanol–water partition coefficient (Wildman–Crippen LogP) is 2.59. The molecule has 122 valence electrons. The Kier molecular flexibility index (Phi) is 13.0. The Bertz CT molecular complexity index is 398. The number of thiazole rings is 1. The minimum Gasteiger partial charge on any atom is -0.385 e. The fourth-order valence-corrected chi connectivity index (χ4v) is 2.52. The van der Waals surface area contributed by atoms with Crippen molar-refractivity contribution in [2.45, 2.75) is 33.1 Å². The summed E-state index contributed by atoms with van der Waals surface area (Å²) in [5.74, 6) is 0.888. The standard InChI is InChI=1S/C14H26N4OS.HI/c1-4-15-14(17-9-6-10-19-3)16-8-5-7-13-18-12(2)11-20-13;/h11H,4-10H2,1-3H3,(H2,15,16,17);1H. The molecule has 0 saturated heterocycles. The third kappa shape index (κ3) is 10.0. The van der Waals surface area contributed by atoms with E-state index in [0.29, 0.717) is 0 Å². The summed E-state index contributed by atoms with van der Waals surface area (Å²) in [7, 11) is 1.72. The van der Waals surface area contributed by atoms with Gasteiger partial charge < -0.3 is 15.4 Å². The van der Waals surface area contributed by atoms with E-state index in [0.717, 1.165) is 57.2 Å². The van der Waals surface area contributed by atoms with Crippen molar-refractivity contribution in [1.82, 2.24) is 15.6 Å². The fourth-order valence-electron chi connectivity index (χ4n) is 1.70. The molecule has 2 N–H and O–H groups in total. The number of hydrogen-bond acceptors (Lipinski definition) is 4. The molecule has 0 radical (unpaired) electrons. The Morgan fingerprint density at radius 1 is 1.38 bits per heavy atom. The summed E-state index contributed by atoms with van der Waals surface area (Å²) in [5.41, 5.74) is 1.11. The normalized spacial score (nSPS) is 11.1. The Morgan fingerprint density at radius 2 is 2.19 bits per heavy atom. The van der Waals surface area contributed by atoms with Crippen LogP contribution < -0.4 is 10.6 Å². The average Bonchev–Trinajstić information content (AvgIpc) is 2.85. The molecule has 1 rings (SSSR count). The molecule has 0 unspecified atom stereocenters. The summed E-state index contributed by atoms with van der Waals surface area (Å²) in [5, 5.41) is 9.85. The molecule has 7 heteroatoms. The van der Waals surface area contributed by atoms with Crippen molar-refractivity contribution in [3.8, 4) is 0 Å². The number of methoxy groups -OCH3 is 1. The third-order valence-corrected chi connectivity index (χ3v) is 3.67. The van der Waals surface area contributed by atoms with Crippen LogP contribution in [-0.2, 0) is 11.2 Å². The van der Waals surface area contributed by atoms with Crippen LogP contribution in [0.2, 0.25) is 0 Å². The number of halogens is 1. The SMILES string of the molecule is CCNC(=NCCCc1nc(C)cs1)NCCCOC.I. The number of nitrogens with one attached hydrogen (secondary N) is 2. The fraction of sp³-hybridized carbons (Fsp3) is 0.714. The number of nitrogens with zero attached hydrogens (tertiary/aromatic N) is 2. The van der Waals surface area contributed by atoms with Crippen LogP contribution in [0, 0.1) is 6.92 Å². The molecule has 1 aromatic rings. The van der Waals surface area contributed by atoms with Crippen LogP contribution in [0.5, 0.6) is 0 Å². The number of ether oxygens (including phenoxy) is 1. The Morgan fingerprint density at radius 3 is 2.81 bits per heavy atom. The number of aromatic nitrogens is 1. The molecule has 0 saturated carbocycles. The number of aliphatic imine (C=N–C) groups is 1. The summed E-state index contributed by atoms with van der Waals surface area (Å²) >= 11 is 1.73. The lowest BCUT2D eigenvalue weighted by Crippen LogP contribution is -2.38. The van der Waals surface area contributed by atoms with Gasteiger partial charge in [0.25, 0.3) is 0 Å². The van der Waals surface area contributed by atoms with E-state index in [-0.39, 0.29) is 24.0 Å². The van der Waals surface area contributed by atoms with Crippen LogP contribution in [-0.4, -0.2) is 44.3 Å². The minimum absolute atomic E-state index is 0. The van der Waals surface area contributed by atoms with E-state index in [1.807, 2.05) is 6.92 Å². The van der Waals surface area contributed by atoms with E-state index in [9.17, 15) is 0 Å². The highest BCUT2D eigenvalue weighted by Crippen LogP contribution is 2.10. The van der Waals surface area contributed by atoms with E-state index in [1.165, 1.54) is 5.01 Å². The number of aryl methyl sites for hydroxylation is 2. The zero-order chi connectivity index (χ0) is 14.6. The summed E-state index contributed by atoms with van der Waals surface area (Å²) in [4.78, 5) is 9.02. The molecular weight excluding hydrogens is 399 g/mol. The Hall–Kier alpha value is -0.410. The quantitative estimate of drug-likeness (QED) is 0.276. The average molecular weight is 426 g/mol. The van der Waals surface area contributed by atoms with Crippen LogP contribution in [0.15, 0.2) is 10.4 Å². The van der Waals surface area contributed by atoms with Gasteiger partial charge in [-0.1, -0.05) is 0 Å². The molecule has 0 aliphatic heterocycles. The number of hydrogen-bond donors (Lipinski definition) is 2. The van der Waals surface area contributed by atoms with Crippen molar-refractivity contribution in [3.63, 3.8) is 0 Å². The van der Waals surface area contributed by atoms with Crippen LogP contribution >= 0.6 is 35.3 Å². The third-order valence-electron chi connectivity index (χ3n) is 2.65. The first-order valence-corrected chi connectivity index (χ1v) is 8.06. The lowest BCUT2D eigenvalue weighted by Gasteiger charge is -2.10. The first-order valence-electron chi connectivity index (χ1n) is 7.18. The lowest BCUT2D eigenvalue weighted by atomic mass is 10.3. The van der Waals surface area contributed by atoms with Crippen LogP contribution in [0.1, 0.15) is 30.5 Å². The largest absolute Gasteiger partial charge is 0.385 e. The first-order chi connectivity index (χ1) is 9.76. The van der Waals surface area contributed by atoms with Gasteiger partial charge in [0.1, 0.15) is 0 Å². The van der Waals surface area contributed by atoms with E-state index in [1.54, 1.807) is 18.4 Å². The molecule has 0 aliphatic rings. The highest BCUT2D eigenvalue weighted by Gasteiger charge is 1.99. The number of guanidine groups is 1. The summed E-state index contributed by atoms with van der Waals surface area (Å²) in [6.45, 7) is 7.46. The van der Waals surface area contributed by atoms with Gasteiger partial charge in [0.05, 0.1) is 5.01 Å². The molecule has 21 heavy (non-hydrogen) atoms. The smallest absolute Gasteiger partial charge is 0.191 e. The number of rotatable bonds is 9. The molecule has 0 spiro atoms. The molecule has 0 amide bonds. The van der Waals surface area contributed by atoms with E-state index in [4.69, 9.17) is 4.74 Å². The van der Waals surface area contributed by atoms with Gasteiger partial charge in [-0.05, 0) is 26.7 Å². The molecule has 1 heterocycles. The second-order valence-electron chi connectivity index (χ2n) is 4.52. The van der Waals surface area contributed by atoms with Gasteiger partial charge in [-0.25, -0.2) is 4.98 Å². The van der Waals surface area contributed by atoms with Gasteiger partial charge in [-0.2, -0.15) is 0 Å². The summed E-state index contributed by atoms with van der Waals surface area (Å²) in [6, 6.07) is 0. The first kappa shape index (κ1) is 20.6. The molecular formula is C14H27IN4OS. The molecule has 1 aromatic heterocycles. The molecule has 0 aromatic carbocycles. The van der Waals surface area contributed by atoms with Crippen molar-refractivity contribution >= 4 is 41.3 Å². The van der Waals surface area contributed by atoms with Crippen LogP contribution in [0.25, 0.3) is 0 Å².